The van der Waals surface area contributed by atoms with Crippen molar-refractivity contribution in [3.8, 4) is 5.75 Å². The van der Waals surface area contributed by atoms with Crippen LogP contribution in [0.5, 0.6) is 5.75 Å². The molecule has 1 aliphatic carbocycles. The first-order valence-corrected chi connectivity index (χ1v) is 6.77. The lowest BCUT2D eigenvalue weighted by Gasteiger charge is -2.42. The highest BCUT2D eigenvalue weighted by Gasteiger charge is 2.43. The number of ether oxygens (including phenoxy) is 2. The van der Waals surface area contributed by atoms with E-state index in [1.54, 1.807) is 7.11 Å². The summed E-state index contributed by atoms with van der Waals surface area (Å²) in [4.78, 5) is 10.3. The van der Waals surface area contributed by atoms with Crippen molar-refractivity contribution in [3.63, 3.8) is 0 Å². The van der Waals surface area contributed by atoms with E-state index >= 15 is 0 Å². The van der Waals surface area contributed by atoms with Gasteiger partial charge in [-0.25, -0.2) is 4.39 Å². The molecular formula is C12H14BrFN2O4. The van der Waals surface area contributed by atoms with Crippen molar-refractivity contribution in [2.24, 2.45) is 0 Å². The van der Waals surface area contributed by atoms with E-state index in [0.29, 0.717) is 6.42 Å². The highest BCUT2D eigenvalue weighted by atomic mass is 79.9. The lowest BCUT2D eigenvalue weighted by molar-refractivity contribution is -0.386. The molecule has 1 aliphatic rings. The van der Waals surface area contributed by atoms with Crippen molar-refractivity contribution in [1.82, 2.24) is 5.32 Å². The molecule has 0 radical (unpaired) electrons. The minimum Gasteiger partial charge on any atom is -0.480 e. The van der Waals surface area contributed by atoms with Crippen LogP contribution in [0.4, 0.5) is 10.1 Å². The number of hydrogen-bond acceptors (Lipinski definition) is 5. The van der Waals surface area contributed by atoms with Crippen LogP contribution in [0.3, 0.4) is 0 Å². The molecule has 6 nitrogen and oxygen atoms in total. The number of benzene rings is 1. The molecule has 1 saturated carbocycles. The zero-order valence-corrected chi connectivity index (χ0v) is 12.5. The predicted octanol–water partition coefficient (Wildman–Crippen LogP) is 2.25. The Bertz CT molecular complexity index is 528. The van der Waals surface area contributed by atoms with E-state index < -0.39 is 16.4 Å². The van der Waals surface area contributed by atoms with Gasteiger partial charge in [0.2, 0.25) is 5.75 Å². The number of rotatable bonds is 5. The molecule has 0 saturated heterocycles. The molecule has 110 valence electrons. The average molecular weight is 349 g/mol. The smallest absolute Gasteiger partial charge is 0.315 e. The van der Waals surface area contributed by atoms with Gasteiger partial charge in [-0.2, -0.15) is 0 Å². The molecule has 20 heavy (non-hydrogen) atoms. The summed E-state index contributed by atoms with van der Waals surface area (Å²) in [6, 6.07) is 2.12. The van der Waals surface area contributed by atoms with Crippen molar-refractivity contribution >= 4 is 21.6 Å². The van der Waals surface area contributed by atoms with Crippen LogP contribution in [0.2, 0.25) is 0 Å². The monoisotopic (exact) mass is 348 g/mol. The van der Waals surface area contributed by atoms with E-state index in [2.05, 4.69) is 21.2 Å². The summed E-state index contributed by atoms with van der Waals surface area (Å²) in [6.45, 7) is 0. The van der Waals surface area contributed by atoms with E-state index in [1.807, 2.05) is 7.05 Å². The van der Waals surface area contributed by atoms with E-state index in [1.165, 1.54) is 0 Å². The summed E-state index contributed by atoms with van der Waals surface area (Å²) in [7, 11) is 3.36. The van der Waals surface area contributed by atoms with Gasteiger partial charge in [0.05, 0.1) is 15.5 Å². The van der Waals surface area contributed by atoms with Crippen molar-refractivity contribution in [2.75, 3.05) is 14.2 Å². The first-order valence-electron chi connectivity index (χ1n) is 5.98. The van der Waals surface area contributed by atoms with Crippen LogP contribution in [0, 0.1) is 15.9 Å². The summed E-state index contributed by atoms with van der Waals surface area (Å²) >= 11 is 3.10. The maximum atomic E-state index is 13.2. The van der Waals surface area contributed by atoms with Crippen LogP contribution in [-0.2, 0) is 4.74 Å². The molecule has 1 aromatic carbocycles. The molecule has 0 heterocycles. The lowest BCUT2D eigenvalue weighted by atomic mass is 9.85. The van der Waals surface area contributed by atoms with Crippen LogP contribution in [0.15, 0.2) is 16.6 Å². The van der Waals surface area contributed by atoms with Gasteiger partial charge in [-0.05, 0) is 29.0 Å². The van der Waals surface area contributed by atoms with Crippen LogP contribution >= 0.6 is 15.9 Å². The number of hydrogen-bond donors (Lipinski definition) is 1. The topological polar surface area (TPSA) is 73.6 Å². The quantitative estimate of drug-likeness (QED) is 0.652. The SMILES string of the molecule is CNC1CC(Oc2c(Br)cc(F)cc2[N+](=O)[O-])C1OC. The molecule has 3 unspecified atom stereocenters. The van der Waals surface area contributed by atoms with E-state index in [4.69, 9.17) is 9.47 Å². The minimum atomic E-state index is -0.694. The number of nitro benzene ring substituents is 1. The minimum absolute atomic E-state index is 0.0259. The van der Waals surface area contributed by atoms with E-state index in [-0.39, 0.29) is 28.5 Å². The van der Waals surface area contributed by atoms with Gasteiger partial charge in [-0.15, -0.1) is 0 Å². The molecule has 2 rings (SSSR count). The number of halogens is 2. The summed E-state index contributed by atoms with van der Waals surface area (Å²) in [6.07, 6.45) is 0.158. The normalized spacial score (nSPS) is 25.1. The number of nitro groups is 1. The van der Waals surface area contributed by atoms with Crippen molar-refractivity contribution < 1.29 is 18.8 Å². The van der Waals surface area contributed by atoms with Crippen LogP contribution < -0.4 is 10.1 Å². The number of likely N-dealkylation sites (N-methyl/N-ethyl adjacent to an activating group) is 1. The van der Waals surface area contributed by atoms with Gasteiger partial charge < -0.3 is 14.8 Å². The largest absolute Gasteiger partial charge is 0.480 e. The highest BCUT2D eigenvalue weighted by molar-refractivity contribution is 9.10. The average Bonchev–Trinajstić information content (AvgIpc) is 2.35. The van der Waals surface area contributed by atoms with Gasteiger partial charge in [0.1, 0.15) is 18.0 Å². The summed E-state index contributed by atoms with van der Waals surface area (Å²) in [5.74, 6) is -0.668. The number of nitrogens with zero attached hydrogens (tertiary/aromatic N) is 1. The molecular weight excluding hydrogens is 335 g/mol. The maximum absolute atomic E-state index is 13.2. The van der Waals surface area contributed by atoms with Crippen LogP contribution in [0.1, 0.15) is 6.42 Å². The molecule has 0 bridgehead atoms. The second kappa shape index (κ2) is 6.02. The Morgan fingerprint density at radius 1 is 1.55 bits per heavy atom. The zero-order valence-electron chi connectivity index (χ0n) is 10.9. The summed E-state index contributed by atoms with van der Waals surface area (Å²) < 4.78 is 24.4. The second-order valence-electron chi connectivity index (χ2n) is 4.48. The van der Waals surface area contributed by atoms with Crippen molar-refractivity contribution in [2.45, 2.75) is 24.7 Å². The first-order chi connectivity index (χ1) is 9.47. The highest BCUT2D eigenvalue weighted by Crippen LogP contribution is 2.39. The standard InChI is InChI=1S/C12H14BrFN2O4/c1-15-8-5-10(12(8)19-2)20-11-7(13)3-6(14)4-9(11)16(17)18/h3-4,8,10,12,15H,5H2,1-2H3. The molecule has 1 aromatic rings. The lowest BCUT2D eigenvalue weighted by Crippen LogP contribution is -2.60. The molecule has 0 amide bonds. The maximum Gasteiger partial charge on any atom is 0.315 e. The Morgan fingerprint density at radius 2 is 2.25 bits per heavy atom. The fourth-order valence-corrected chi connectivity index (χ4v) is 2.76. The zero-order chi connectivity index (χ0) is 14.9. The first kappa shape index (κ1) is 15.1. The Kier molecular flexibility index (Phi) is 4.56. The van der Waals surface area contributed by atoms with Gasteiger partial charge in [-0.1, -0.05) is 0 Å². The van der Waals surface area contributed by atoms with Crippen LogP contribution in [-0.4, -0.2) is 37.3 Å². The van der Waals surface area contributed by atoms with Gasteiger partial charge in [-0.3, -0.25) is 10.1 Å². The Labute approximate surface area is 123 Å². The van der Waals surface area contributed by atoms with Gasteiger partial charge in [0.15, 0.2) is 0 Å². The van der Waals surface area contributed by atoms with Gasteiger partial charge >= 0.3 is 5.69 Å². The molecule has 0 spiro atoms. The summed E-state index contributed by atoms with van der Waals surface area (Å²) in [5, 5.41) is 14.0. The van der Waals surface area contributed by atoms with Crippen molar-refractivity contribution in [1.29, 1.82) is 0 Å². The molecule has 0 aliphatic heterocycles. The number of methoxy groups -OCH3 is 1. The third-order valence-electron chi connectivity index (χ3n) is 3.35. The predicted molar refractivity (Wildman–Crippen MR) is 73.4 cm³/mol. The van der Waals surface area contributed by atoms with E-state index in [0.717, 1.165) is 12.1 Å². The second-order valence-corrected chi connectivity index (χ2v) is 5.33. The Balaban J connectivity index is 2.24. The Hall–Kier alpha value is -1.25. The number of nitrogens with one attached hydrogen (secondary N) is 1. The molecule has 8 heteroatoms. The molecule has 1 N–H and O–H groups in total. The van der Waals surface area contributed by atoms with Crippen LogP contribution in [0.25, 0.3) is 0 Å². The molecule has 3 atom stereocenters. The summed E-state index contributed by atoms with van der Waals surface area (Å²) in [5.41, 5.74) is -0.403. The van der Waals surface area contributed by atoms with Gasteiger partial charge in [0.25, 0.3) is 0 Å². The van der Waals surface area contributed by atoms with E-state index in [9.17, 15) is 14.5 Å². The van der Waals surface area contributed by atoms with Gasteiger partial charge in [0, 0.05) is 19.6 Å². The fourth-order valence-electron chi connectivity index (χ4n) is 2.25. The van der Waals surface area contributed by atoms with Crippen molar-refractivity contribution in [3.05, 3.63) is 32.5 Å². The molecule has 1 fully saturated rings. The fraction of sp³-hybridized carbons (Fsp3) is 0.500. The third kappa shape index (κ3) is 2.77. The third-order valence-corrected chi connectivity index (χ3v) is 3.94. The molecule has 0 aromatic heterocycles. The Morgan fingerprint density at radius 3 is 2.80 bits per heavy atom.